The average molecular weight is 306 g/mol. The Labute approximate surface area is 116 Å². The van der Waals surface area contributed by atoms with Crippen LogP contribution in [0.3, 0.4) is 0 Å². The molecule has 2 heterocycles. The highest BCUT2D eigenvalue weighted by Crippen LogP contribution is 2.35. The molecule has 0 fully saturated rings. The van der Waals surface area contributed by atoms with Gasteiger partial charge in [0, 0.05) is 16.6 Å². The van der Waals surface area contributed by atoms with Crippen molar-refractivity contribution in [1.29, 1.82) is 5.26 Å². The minimum Gasteiger partial charge on any atom is -0.313 e. The molecule has 94 valence electrons. The second kappa shape index (κ2) is 4.10. The molecule has 0 atom stereocenters. The number of pyridine rings is 1. The molecule has 0 aliphatic rings. The Kier molecular flexibility index (Phi) is 2.98. The van der Waals surface area contributed by atoms with E-state index in [1.54, 1.807) is 0 Å². The molecule has 2 rings (SSSR count). The summed E-state index contributed by atoms with van der Waals surface area (Å²) in [5, 5.41) is 10.3. The summed E-state index contributed by atoms with van der Waals surface area (Å²) in [4.78, 5) is 4.61. The Morgan fingerprint density at radius 1 is 1.33 bits per heavy atom. The largest absolute Gasteiger partial charge is 0.313 e. The zero-order valence-corrected chi connectivity index (χ0v) is 12.9. The van der Waals surface area contributed by atoms with Crippen molar-refractivity contribution in [1.82, 2.24) is 9.55 Å². The highest BCUT2D eigenvalue weighted by molar-refractivity contribution is 9.10. The van der Waals surface area contributed by atoms with Crippen LogP contribution in [0.1, 0.15) is 37.6 Å². The summed E-state index contributed by atoms with van der Waals surface area (Å²) in [6.07, 6.45) is 0. The second-order valence-electron chi connectivity index (χ2n) is 5.56. The van der Waals surface area contributed by atoms with Crippen LogP contribution in [0, 0.1) is 25.2 Å². The summed E-state index contributed by atoms with van der Waals surface area (Å²) in [7, 11) is 0. The first-order chi connectivity index (χ1) is 8.27. The van der Waals surface area contributed by atoms with Gasteiger partial charge in [0.15, 0.2) is 0 Å². The van der Waals surface area contributed by atoms with Crippen LogP contribution in [-0.2, 0) is 5.54 Å². The molecule has 2 aromatic rings. The van der Waals surface area contributed by atoms with Crippen molar-refractivity contribution in [2.45, 2.75) is 40.2 Å². The van der Waals surface area contributed by atoms with Gasteiger partial charge in [-0.05, 0) is 62.2 Å². The maximum absolute atomic E-state index is 9.37. The summed E-state index contributed by atoms with van der Waals surface area (Å²) < 4.78 is 2.90. The number of aromatic nitrogens is 2. The minimum absolute atomic E-state index is 0.126. The molecule has 18 heavy (non-hydrogen) atoms. The van der Waals surface area contributed by atoms with Crippen LogP contribution in [0.5, 0.6) is 0 Å². The lowest BCUT2D eigenvalue weighted by Crippen LogP contribution is -2.22. The SMILES string of the molecule is Cc1cc(C)c2c(C#N)c(Br)n(C(C)(C)C)c2n1. The monoisotopic (exact) mass is 305 g/mol. The molecular formula is C14H16BrN3. The molecule has 0 saturated heterocycles. The van der Waals surface area contributed by atoms with E-state index >= 15 is 0 Å². The van der Waals surface area contributed by atoms with E-state index in [0.29, 0.717) is 5.56 Å². The topological polar surface area (TPSA) is 41.6 Å². The fourth-order valence-electron chi connectivity index (χ4n) is 2.31. The number of hydrogen-bond acceptors (Lipinski definition) is 2. The van der Waals surface area contributed by atoms with E-state index in [2.05, 4.69) is 52.3 Å². The molecule has 2 aromatic heterocycles. The highest BCUT2D eigenvalue weighted by atomic mass is 79.9. The predicted octanol–water partition coefficient (Wildman–Crippen LogP) is 4.04. The van der Waals surface area contributed by atoms with Crippen LogP contribution in [-0.4, -0.2) is 9.55 Å². The van der Waals surface area contributed by atoms with E-state index < -0.39 is 0 Å². The van der Waals surface area contributed by atoms with Crippen LogP contribution < -0.4 is 0 Å². The van der Waals surface area contributed by atoms with Gasteiger partial charge in [-0.2, -0.15) is 5.26 Å². The van der Waals surface area contributed by atoms with Gasteiger partial charge in [0.1, 0.15) is 16.3 Å². The Balaban J connectivity index is 3.05. The average Bonchev–Trinajstić information content (AvgIpc) is 2.48. The van der Waals surface area contributed by atoms with Gasteiger partial charge in [-0.1, -0.05) is 0 Å². The van der Waals surface area contributed by atoms with Gasteiger partial charge in [-0.25, -0.2) is 4.98 Å². The molecule has 0 radical (unpaired) electrons. The van der Waals surface area contributed by atoms with Crippen molar-refractivity contribution in [2.24, 2.45) is 0 Å². The standard InChI is InChI=1S/C14H16BrN3/c1-8-6-9(2)17-13-11(8)10(7-16)12(15)18(13)14(3,4)5/h6H,1-5H3. The quantitative estimate of drug-likeness (QED) is 0.737. The first kappa shape index (κ1) is 13.1. The number of aryl methyl sites for hydroxylation is 2. The van der Waals surface area contributed by atoms with Crippen molar-refractivity contribution >= 4 is 27.0 Å². The molecule has 0 N–H and O–H groups in total. The predicted molar refractivity (Wildman–Crippen MR) is 76.6 cm³/mol. The van der Waals surface area contributed by atoms with Crippen LogP contribution in [0.4, 0.5) is 0 Å². The Hall–Kier alpha value is -1.34. The smallest absolute Gasteiger partial charge is 0.143 e. The van der Waals surface area contributed by atoms with Crippen molar-refractivity contribution in [3.8, 4) is 6.07 Å². The van der Waals surface area contributed by atoms with Crippen molar-refractivity contribution < 1.29 is 0 Å². The van der Waals surface area contributed by atoms with Crippen molar-refractivity contribution in [2.75, 3.05) is 0 Å². The number of nitrogens with zero attached hydrogens (tertiary/aromatic N) is 3. The number of nitriles is 1. The summed E-state index contributed by atoms with van der Waals surface area (Å²) in [6, 6.07) is 4.30. The third-order valence-electron chi connectivity index (χ3n) is 2.97. The van der Waals surface area contributed by atoms with Crippen LogP contribution in [0.15, 0.2) is 10.7 Å². The number of fused-ring (bicyclic) bond motifs is 1. The molecular weight excluding hydrogens is 290 g/mol. The molecule has 0 aliphatic heterocycles. The molecule has 3 nitrogen and oxygen atoms in total. The summed E-state index contributed by atoms with van der Waals surface area (Å²) in [5.41, 5.74) is 3.49. The normalized spacial score (nSPS) is 11.8. The van der Waals surface area contributed by atoms with Crippen LogP contribution >= 0.6 is 15.9 Å². The van der Waals surface area contributed by atoms with Gasteiger partial charge >= 0.3 is 0 Å². The molecule has 0 saturated carbocycles. The van der Waals surface area contributed by atoms with E-state index in [0.717, 1.165) is 26.9 Å². The van der Waals surface area contributed by atoms with E-state index in [1.807, 2.05) is 19.9 Å². The summed E-state index contributed by atoms with van der Waals surface area (Å²) >= 11 is 3.55. The molecule has 0 amide bonds. The van der Waals surface area contributed by atoms with Gasteiger partial charge < -0.3 is 4.57 Å². The highest BCUT2D eigenvalue weighted by Gasteiger charge is 2.25. The Bertz CT molecular complexity index is 669. The van der Waals surface area contributed by atoms with Crippen LogP contribution in [0.2, 0.25) is 0 Å². The zero-order valence-electron chi connectivity index (χ0n) is 11.3. The maximum atomic E-state index is 9.37. The molecule has 0 aliphatic carbocycles. The lowest BCUT2D eigenvalue weighted by molar-refractivity contribution is 0.401. The van der Waals surface area contributed by atoms with Gasteiger partial charge in [0.2, 0.25) is 0 Å². The van der Waals surface area contributed by atoms with Gasteiger partial charge in [0.05, 0.1) is 5.56 Å². The van der Waals surface area contributed by atoms with Crippen LogP contribution in [0.25, 0.3) is 11.0 Å². The van der Waals surface area contributed by atoms with Gasteiger partial charge in [-0.15, -0.1) is 0 Å². The van der Waals surface area contributed by atoms with E-state index in [1.165, 1.54) is 0 Å². The lowest BCUT2D eigenvalue weighted by atomic mass is 10.1. The van der Waals surface area contributed by atoms with E-state index in [-0.39, 0.29) is 5.54 Å². The van der Waals surface area contributed by atoms with Gasteiger partial charge in [0.25, 0.3) is 0 Å². The number of halogens is 1. The zero-order chi connectivity index (χ0) is 13.7. The maximum Gasteiger partial charge on any atom is 0.143 e. The van der Waals surface area contributed by atoms with E-state index in [9.17, 15) is 5.26 Å². The first-order valence-electron chi connectivity index (χ1n) is 5.86. The number of rotatable bonds is 0. The Morgan fingerprint density at radius 3 is 2.44 bits per heavy atom. The summed E-state index contributed by atoms with van der Waals surface area (Å²) in [6.45, 7) is 10.3. The minimum atomic E-state index is -0.126. The molecule has 0 bridgehead atoms. The van der Waals surface area contributed by atoms with Gasteiger partial charge in [-0.3, -0.25) is 0 Å². The molecule has 0 aromatic carbocycles. The fourth-order valence-corrected chi connectivity index (χ4v) is 3.30. The van der Waals surface area contributed by atoms with Crippen molar-refractivity contribution in [3.63, 3.8) is 0 Å². The first-order valence-corrected chi connectivity index (χ1v) is 6.65. The molecule has 0 unspecified atom stereocenters. The third-order valence-corrected chi connectivity index (χ3v) is 3.72. The third kappa shape index (κ3) is 1.83. The van der Waals surface area contributed by atoms with Crippen molar-refractivity contribution in [3.05, 3.63) is 27.5 Å². The second-order valence-corrected chi connectivity index (χ2v) is 6.31. The van der Waals surface area contributed by atoms with E-state index in [4.69, 9.17) is 0 Å². The molecule has 0 spiro atoms. The number of hydrogen-bond donors (Lipinski definition) is 0. The fraction of sp³-hybridized carbons (Fsp3) is 0.429. The Morgan fingerprint density at radius 2 is 1.94 bits per heavy atom. The summed E-state index contributed by atoms with van der Waals surface area (Å²) in [5.74, 6) is 0. The molecule has 4 heteroatoms. The lowest BCUT2D eigenvalue weighted by Gasteiger charge is -2.23.